The molecule has 1 heterocycles. The standard InChI is InChI=1S/C13H26N2O2/c1-12(2,3)14-11(16)17-10-7-8-15(9-10)13(4,5)6/h10H,7-9H2,1-6H3,(H,14,16)/t10-/m0/s1. The van der Waals surface area contributed by atoms with Gasteiger partial charge in [0.05, 0.1) is 0 Å². The van der Waals surface area contributed by atoms with Gasteiger partial charge in [0.15, 0.2) is 0 Å². The molecule has 1 atom stereocenters. The largest absolute Gasteiger partial charge is 0.445 e. The van der Waals surface area contributed by atoms with Crippen molar-refractivity contribution in [2.75, 3.05) is 13.1 Å². The van der Waals surface area contributed by atoms with Crippen LogP contribution < -0.4 is 5.32 Å². The van der Waals surface area contributed by atoms with E-state index in [1.54, 1.807) is 0 Å². The summed E-state index contributed by atoms with van der Waals surface area (Å²) in [5.74, 6) is 0. The first-order valence-corrected chi connectivity index (χ1v) is 6.32. The lowest BCUT2D eigenvalue weighted by atomic mass is 10.1. The van der Waals surface area contributed by atoms with Gasteiger partial charge >= 0.3 is 6.09 Å². The van der Waals surface area contributed by atoms with E-state index in [1.807, 2.05) is 20.8 Å². The van der Waals surface area contributed by atoms with Gasteiger partial charge in [-0.2, -0.15) is 0 Å². The Kier molecular flexibility index (Phi) is 4.07. The molecule has 0 spiro atoms. The van der Waals surface area contributed by atoms with Crippen LogP contribution in [0.25, 0.3) is 0 Å². The second kappa shape index (κ2) is 4.84. The normalized spacial score (nSPS) is 22.6. The zero-order chi connectivity index (χ0) is 13.3. The van der Waals surface area contributed by atoms with Crippen LogP contribution in [0.1, 0.15) is 48.0 Å². The van der Waals surface area contributed by atoms with E-state index >= 15 is 0 Å². The highest BCUT2D eigenvalue weighted by Crippen LogP contribution is 2.22. The first kappa shape index (κ1) is 14.3. The number of carbonyl (C=O) groups excluding carboxylic acids is 1. The minimum atomic E-state index is -0.307. The van der Waals surface area contributed by atoms with Gasteiger partial charge in [0.2, 0.25) is 0 Å². The van der Waals surface area contributed by atoms with Gasteiger partial charge in [-0.15, -0.1) is 0 Å². The van der Waals surface area contributed by atoms with Crippen molar-refractivity contribution in [3.8, 4) is 0 Å². The van der Waals surface area contributed by atoms with Crippen LogP contribution in [-0.4, -0.2) is 41.3 Å². The third kappa shape index (κ3) is 4.94. The highest BCUT2D eigenvalue weighted by atomic mass is 16.6. The summed E-state index contributed by atoms with van der Waals surface area (Å²) in [6, 6.07) is 0. The second-order valence-corrected chi connectivity index (χ2v) is 6.81. The summed E-state index contributed by atoms with van der Waals surface area (Å²) in [5, 5.41) is 2.82. The van der Waals surface area contributed by atoms with Crippen LogP contribution in [-0.2, 0) is 4.74 Å². The van der Waals surface area contributed by atoms with Gasteiger partial charge in [-0.05, 0) is 48.0 Å². The molecule has 1 aliphatic heterocycles. The van der Waals surface area contributed by atoms with Gasteiger partial charge < -0.3 is 10.1 Å². The summed E-state index contributed by atoms with van der Waals surface area (Å²) in [6.07, 6.45) is 0.643. The quantitative estimate of drug-likeness (QED) is 0.767. The lowest BCUT2D eigenvalue weighted by Crippen LogP contribution is -2.43. The first-order chi connectivity index (χ1) is 7.58. The number of hydrogen-bond donors (Lipinski definition) is 1. The predicted molar refractivity (Wildman–Crippen MR) is 69.1 cm³/mol. The molecule has 1 fully saturated rings. The lowest BCUT2D eigenvalue weighted by molar-refractivity contribution is 0.0831. The van der Waals surface area contributed by atoms with Crippen molar-refractivity contribution in [2.24, 2.45) is 0 Å². The zero-order valence-electron chi connectivity index (χ0n) is 12.0. The average Bonchev–Trinajstić information content (AvgIpc) is 2.47. The van der Waals surface area contributed by atoms with E-state index in [4.69, 9.17) is 4.74 Å². The summed E-state index contributed by atoms with van der Waals surface area (Å²) in [4.78, 5) is 14.0. The van der Waals surface area contributed by atoms with E-state index in [-0.39, 0.29) is 23.3 Å². The Morgan fingerprint density at radius 2 is 1.82 bits per heavy atom. The average molecular weight is 242 g/mol. The Morgan fingerprint density at radius 1 is 1.24 bits per heavy atom. The molecular weight excluding hydrogens is 216 g/mol. The molecule has 0 aliphatic carbocycles. The van der Waals surface area contributed by atoms with Crippen molar-refractivity contribution < 1.29 is 9.53 Å². The Bertz CT molecular complexity index is 276. The van der Waals surface area contributed by atoms with Crippen LogP contribution in [0.3, 0.4) is 0 Å². The summed E-state index contributed by atoms with van der Waals surface area (Å²) in [5.41, 5.74) is -0.0853. The Hall–Kier alpha value is -0.770. The highest BCUT2D eigenvalue weighted by Gasteiger charge is 2.32. The molecule has 0 radical (unpaired) electrons. The first-order valence-electron chi connectivity index (χ1n) is 6.32. The number of carbonyl (C=O) groups is 1. The van der Waals surface area contributed by atoms with Crippen molar-refractivity contribution in [3.05, 3.63) is 0 Å². The van der Waals surface area contributed by atoms with Crippen LogP contribution in [0.2, 0.25) is 0 Å². The van der Waals surface area contributed by atoms with Gasteiger partial charge in [0.25, 0.3) is 0 Å². The number of alkyl carbamates (subject to hydrolysis) is 1. The van der Waals surface area contributed by atoms with Crippen LogP contribution in [0.15, 0.2) is 0 Å². The topological polar surface area (TPSA) is 41.6 Å². The van der Waals surface area contributed by atoms with Gasteiger partial charge in [-0.1, -0.05) is 0 Å². The Morgan fingerprint density at radius 3 is 2.24 bits per heavy atom. The Labute approximate surface area is 105 Å². The van der Waals surface area contributed by atoms with Crippen LogP contribution in [0, 0.1) is 0 Å². The molecule has 17 heavy (non-hydrogen) atoms. The number of amides is 1. The van der Waals surface area contributed by atoms with Crippen molar-refractivity contribution in [3.63, 3.8) is 0 Å². The van der Waals surface area contributed by atoms with E-state index in [1.165, 1.54) is 0 Å². The lowest BCUT2D eigenvalue weighted by Gasteiger charge is -2.31. The molecular formula is C13H26N2O2. The second-order valence-electron chi connectivity index (χ2n) is 6.81. The fourth-order valence-electron chi connectivity index (χ4n) is 1.92. The molecule has 0 aromatic carbocycles. The molecule has 0 saturated carbocycles. The summed E-state index contributed by atoms with van der Waals surface area (Å²) in [7, 11) is 0. The number of hydrogen-bond acceptors (Lipinski definition) is 3. The zero-order valence-corrected chi connectivity index (χ0v) is 12.0. The van der Waals surface area contributed by atoms with Crippen molar-refractivity contribution >= 4 is 6.09 Å². The van der Waals surface area contributed by atoms with Crippen molar-refractivity contribution in [2.45, 2.75) is 65.1 Å². The van der Waals surface area contributed by atoms with E-state index in [2.05, 4.69) is 31.0 Å². The van der Waals surface area contributed by atoms with E-state index in [0.29, 0.717) is 0 Å². The smallest absolute Gasteiger partial charge is 0.407 e. The number of nitrogens with zero attached hydrogens (tertiary/aromatic N) is 1. The molecule has 1 saturated heterocycles. The van der Waals surface area contributed by atoms with Crippen molar-refractivity contribution in [1.82, 2.24) is 10.2 Å². The van der Waals surface area contributed by atoms with Crippen LogP contribution in [0.5, 0.6) is 0 Å². The SMILES string of the molecule is CC(C)(C)NC(=O)O[C@H]1CCN(C(C)(C)C)C1. The molecule has 4 nitrogen and oxygen atoms in total. The fraction of sp³-hybridized carbons (Fsp3) is 0.923. The molecule has 1 rings (SSSR count). The third-order valence-electron chi connectivity index (χ3n) is 2.84. The maximum absolute atomic E-state index is 11.6. The third-order valence-corrected chi connectivity index (χ3v) is 2.84. The minimum Gasteiger partial charge on any atom is -0.445 e. The summed E-state index contributed by atoms with van der Waals surface area (Å²) < 4.78 is 5.42. The van der Waals surface area contributed by atoms with Crippen LogP contribution >= 0.6 is 0 Å². The number of nitrogens with one attached hydrogen (secondary N) is 1. The number of likely N-dealkylation sites (tertiary alicyclic amines) is 1. The Balaban J connectivity index is 2.38. The fourth-order valence-corrected chi connectivity index (χ4v) is 1.92. The summed E-state index contributed by atoms with van der Waals surface area (Å²) >= 11 is 0. The van der Waals surface area contributed by atoms with E-state index < -0.39 is 0 Å². The maximum atomic E-state index is 11.6. The van der Waals surface area contributed by atoms with E-state index in [9.17, 15) is 4.79 Å². The molecule has 0 aromatic heterocycles. The molecule has 100 valence electrons. The van der Waals surface area contributed by atoms with Gasteiger partial charge in [-0.25, -0.2) is 4.79 Å². The molecule has 1 N–H and O–H groups in total. The van der Waals surface area contributed by atoms with Crippen LogP contribution in [0.4, 0.5) is 4.79 Å². The molecule has 0 unspecified atom stereocenters. The summed E-state index contributed by atoms with van der Waals surface area (Å²) in [6.45, 7) is 14.2. The van der Waals surface area contributed by atoms with E-state index in [0.717, 1.165) is 19.5 Å². The van der Waals surface area contributed by atoms with Gasteiger partial charge in [0.1, 0.15) is 6.10 Å². The predicted octanol–water partition coefficient (Wildman–Crippen LogP) is 2.38. The minimum absolute atomic E-state index is 0.0246. The number of ether oxygens (including phenoxy) is 1. The maximum Gasteiger partial charge on any atom is 0.407 e. The molecule has 1 amide bonds. The van der Waals surface area contributed by atoms with Gasteiger partial charge in [0, 0.05) is 24.2 Å². The molecule has 1 aliphatic rings. The van der Waals surface area contributed by atoms with Crippen molar-refractivity contribution in [1.29, 1.82) is 0 Å². The molecule has 0 bridgehead atoms. The molecule has 0 aromatic rings. The highest BCUT2D eigenvalue weighted by molar-refractivity contribution is 5.68. The van der Waals surface area contributed by atoms with Gasteiger partial charge in [-0.3, -0.25) is 4.90 Å². The number of rotatable bonds is 1. The monoisotopic (exact) mass is 242 g/mol. The molecule has 4 heteroatoms.